The van der Waals surface area contributed by atoms with E-state index in [2.05, 4.69) is 15.9 Å². The van der Waals surface area contributed by atoms with Crippen LogP contribution >= 0.6 is 15.9 Å². The molecule has 1 aromatic carbocycles. The number of carbonyl (C=O) groups excluding carboxylic acids is 1. The van der Waals surface area contributed by atoms with Gasteiger partial charge in [-0.05, 0) is 31.0 Å². The number of piperidine rings is 1. The molecule has 1 N–H and O–H groups in total. The second kappa shape index (κ2) is 4.97. The Morgan fingerprint density at radius 1 is 1.50 bits per heavy atom. The lowest BCUT2D eigenvalue weighted by Crippen LogP contribution is -2.42. The summed E-state index contributed by atoms with van der Waals surface area (Å²) in [5.41, 5.74) is 0.670. The molecular weight excluding hydrogens is 270 g/mol. The van der Waals surface area contributed by atoms with Crippen molar-refractivity contribution in [1.82, 2.24) is 4.90 Å². The third-order valence-electron chi connectivity index (χ3n) is 2.76. The number of halogens is 1. The van der Waals surface area contributed by atoms with E-state index in [1.165, 1.54) is 0 Å². The quantitative estimate of drug-likeness (QED) is 0.857. The molecule has 1 aliphatic rings. The molecule has 1 fully saturated rings. The molecule has 3 nitrogen and oxygen atoms in total. The molecule has 2 rings (SSSR count). The van der Waals surface area contributed by atoms with Crippen molar-refractivity contribution in [3.8, 4) is 0 Å². The van der Waals surface area contributed by atoms with Crippen molar-refractivity contribution in [2.24, 2.45) is 0 Å². The molecule has 0 unspecified atom stereocenters. The number of aliphatic hydroxyl groups excluding tert-OH is 1. The number of aliphatic hydroxyl groups is 1. The zero-order chi connectivity index (χ0) is 11.5. The Bertz CT molecular complexity index is 394. The lowest BCUT2D eigenvalue weighted by molar-refractivity contribution is 0.0473. The minimum absolute atomic E-state index is 0.0000463. The Labute approximate surface area is 103 Å². The van der Waals surface area contributed by atoms with Crippen molar-refractivity contribution < 1.29 is 9.90 Å². The molecule has 1 aliphatic heterocycles. The average molecular weight is 284 g/mol. The minimum Gasteiger partial charge on any atom is -0.391 e. The molecule has 0 bridgehead atoms. The van der Waals surface area contributed by atoms with Crippen LogP contribution in [0, 0.1) is 0 Å². The Morgan fingerprint density at radius 2 is 2.31 bits per heavy atom. The van der Waals surface area contributed by atoms with Crippen molar-refractivity contribution in [2.75, 3.05) is 13.1 Å². The molecule has 1 amide bonds. The molecule has 0 saturated carbocycles. The molecule has 1 saturated heterocycles. The van der Waals surface area contributed by atoms with Crippen LogP contribution < -0.4 is 0 Å². The van der Waals surface area contributed by atoms with Gasteiger partial charge in [-0.2, -0.15) is 0 Å². The maximum Gasteiger partial charge on any atom is 0.253 e. The SMILES string of the molecule is O=C(c1cccc(Br)c1)N1CCC[C@H](O)C1. The van der Waals surface area contributed by atoms with Crippen molar-refractivity contribution in [1.29, 1.82) is 0 Å². The van der Waals surface area contributed by atoms with Gasteiger partial charge in [0.2, 0.25) is 0 Å². The summed E-state index contributed by atoms with van der Waals surface area (Å²) < 4.78 is 0.899. The van der Waals surface area contributed by atoms with Crippen molar-refractivity contribution in [3.05, 3.63) is 34.3 Å². The largest absolute Gasteiger partial charge is 0.391 e. The van der Waals surface area contributed by atoms with Gasteiger partial charge in [0.1, 0.15) is 0 Å². The summed E-state index contributed by atoms with van der Waals surface area (Å²) in [6.07, 6.45) is 1.30. The minimum atomic E-state index is -0.371. The maximum absolute atomic E-state index is 12.1. The van der Waals surface area contributed by atoms with Crippen LogP contribution in [-0.4, -0.2) is 35.1 Å². The molecule has 1 atom stereocenters. The number of hydrogen-bond donors (Lipinski definition) is 1. The number of benzene rings is 1. The lowest BCUT2D eigenvalue weighted by atomic mass is 10.1. The van der Waals surface area contributed by atoms with Gasteiger partial charge in [-0.3, -0.25) is 4.79 Å². The van der Waals surface area contributed by atoms with Crippen LogP contribution in [-0.2, 0) is 0 Å². The zero-order valence-electron chi connectivity index (χ0n) is 8.90. The number of rotatable bonds is 1. The van der Waals surface area contributed by atoms with Crippen LogP contribution in [0.3, 0.4) is 0 Å². The zero-order valence-corrected chi connectivity index (χ0v) is 10.5. The van der Waals surface area contributed by atoms with Crippen molar-refractivity contribution >= 4 is 21.8 Å². The first kappa shape index (κ1) is 11.6. The molecule has 0 aromatic heterocycles. The molecule has 1 heterocycles. The van der Waals surface area contributed by atoms with Crippen LogP contribution in [0.4, 0.5) is 0 Å². The highest BCUT2D eigenvalue weighted by Crippen LogP contribution is 2.16. The first-order chi connectivity index (χ1) is 7.66. The third kappa shape index (κ3) is 2.62. The second-order valence-electron chi connectivity index (χ2n) is 4.06. The molecule has 0 radical (unpaired) electrons. The predicted octanol–water partition coefficient (Wildman–Crippen LogP) is 2.05. The number of carbonyl (C=O) groups is 1. The van der Waals surface area contributed by atoms with E-state index in [4.69, 9.17) is 0 Å². The normalized spacial score (nSPS) is 20.9. The summed E-state index contributed by atoms with van der Waals surface area (Å²) in [7, 11) is 0. The highest BCUT2D eigenvalue weighted by Gasteiger charge is 2.22. The summed E-state index contributed by atoms with van der Waals surface area (Å²) in [6, 6.07) is 7.34. The number of likely N-dealkylation sites (tertiary alicyclic amines) is 1. The first-order valence-electron chi connectivity index (χ1n) is 5.40. The van der Waals surface area contributed by atoms with Gasteiger partial charge < -0.3 is 10.0 Å². The summed E-state index contributed by atoms with van der Waals surface area (Å²) >= 11 is 3.35. The van der Waals surface area contributed by atoms with Gasteiger partial charge in [0.25, 0.3) is 5.91 Å². The smallest absolute Gasteiger partial charge is 0.253 e. The van der Waals surface area contributed by atoms with Gasteiger partial charge in [-0.25, -0.2) is 0 Å². The summed E-state index contributed by atoms with van der Waals surface area (Å²) in [5, 5.41) is 9.53. The lowest BCUT2D eigenvalue weighted by Gasteiger charge is -2.30. The van der Waals surface area contributed by atoms with Gasteiger partial charge >= 0.3 is 0 Å². The number of β-amino-alcohol motifs (C(OH)–C–C–N with tert-alkyl or cyclic N) is 1. The maximum atomic E-state index is 12.1. The topological polar surface area (TPSA) is 40.5 Å². The number of amides is 1. The Kier molecular flexibility index (Phi) is 3.61. The molecule has 0 aliphatic carbocycles. The van der Waals surface area contributed by atoms with E-state index in [-0.39, 0.29) is 12.0 Å². The van der Waals surface area contributed by atoms with E-state index < -0.39 is 0 Å². The van der Waals surface area contributed by atoms with Gasteiger partial charge in [-0.15, -0.1) is 0 Å². The predicted molar refractivity (Wildman–Crippen MR) is 65.3 cm³/mol. The van der Waals surface area contributed by atoms with E-state index in [0.717, 1.165) is 23.9 Å². The van der Waals surface area contributed by atoms with Crippen molar-refractivity contribution in [3.63, 3.8) is 0 Å². The van der Waals surface area contributed by atoms with Crippen LogP contribution in [0.1, 0.15) is 23.2 Å². The molecular formula is C12H14BrNO2. The fraction of sp³-hybridized carbons (Fsp3) is 0.417. The highest BCUT2D eigenvalue weighted by molar-refractivity contribution is 9.10. The Hall–Kier alpha value is -0.870. The fourth-order valence-electron chi connectivity index (χ4n) is 1.94. The number of nitrogens with zero attached hydrogens (tertiary/aromatic N) is 1. The molecule has 16 heavy (non-hydrogen) atoms. The summed E-state index contributed by atoms with van der Waals surface area (Å²) in [5.74, 6) is 0.0000463. The molecule has 4 heteroatoms. The summed E-state index contributed by atoms with van der Waals surface area (Å²) in [4.78, 5) is 13.8. The fourth-order valence-corrected chi connectivity index (χ4v) is 2.34. The molecule has 0 spiro atoms. The van der Waals surface area contributed by atoms with E-state index in [1.54, 1.807) is 11.0 Å². The molecule has 1 aromatic rings. The van der Waals surface area contributed by atoms with Gasteiger partial charge in [0.15, 0.2) is 0 Å². The summed E-state index contributed by atoms with van der Waals surface area (Å²) in [6.45, 7) is 1.19. The van der Waals surface area contributed by atoms with Gasteiger partial charge in [0, 0.05) is 23.1 Å². The van der Waals surface area contributed by atoms with Crippen LogP contribution in [0.15, 0.2) is 28.7 Å². The van der Waals surface area contributed by atoms with E-state index in [0.29, 0.717) is 12.1 Å². The van der Waals surface area contributed by atoms with Crippen LogP contribution in [0.2, 0.25) is 0 Å². The average Bonchev–Trinajstić information content (AvgIpc) is 2.28. The van der Waals surface area contributed by atoms with Gasteiger partial charge in [-0.1, -0.05) is 22.0 Å². The standard InChI is InChI=1S/C12H14BrNO2/c13-10-4-1-3-9(7-10)12(16)14-6-2-5-11(15)8-14/h1,3-4,7,11,15H,2,5-6,8H2/t11-/m0/s1. The highest BCUT2D eigenvalue weighted by atomic mass is 79.9. The van der Waals surface area contributed by atoms with Crippen LogP contribution in [0.25, 0.3) is 0 Å². The number of hydrogen-bond acceptors (Lipinski definition) is 2. The van der Waals surface area contributed by atoms with E-state index >= 15 is 0 Å². The second-order valence-corrected chi connectivity index (χ2v) is 4.97. The van der Waals surface area contributed by atoms with Crippen LogP contribution in [0.5, 0.6) is 0 Å². The van der Waals surface area contributed by atoms with E-state index in [9.17, 15) is 9.90 Å². The monoisotopic (exact) mass is 283 g/mol. The van der Waals surface area contributed by atoms with E-state index in [1.807, 2.05) is 18.2 Å². The Balaban J connectivity index is 2.12. The Morgan fingerprint density at radius 3 is 3.00 bits per heavy atom. The van der Waals surface area contributed by atoms with Gasteiger partial charge in [0.05, 0.1) is 6.10 Å². The molecule has 86 valence electrons. The first-order valence-corrected chi connectivity index (χ1v) is 6.19. The van der Waals surface area contributed by atoms with Crippen molar-refractivity contribution in [2.45, 2.75) is 18.9 Å². The third-order valence-corrected chi connectivity index (χ3v) is 3.25.